The SMILES string of the molecule is CCN(c1ccccc1N)C1CCN(C(=O)OC(C)(C)C)CC1. The van der Waals surface area contributed by atoms with Crippen LogP contribution in [0, 0.1) is 0 Å². The number of benzene rings is 1. The molecule has 2 rings (SSSR count). The number of piperidine rings is 1. The molecule has 1 amide bonds. The van der Waals surface area contributed by atoms with E-state index in [-0.39, 0.29) is 6.09 Å². The molecule has 0 atom stereocenters. The Morgan fingerprint density at radius 1 is 1.30 bits per heavy atom. The number of carbonyl (C=O) groups excluding carboxylic acids is 1. The summed E-state index contributed by atoms with van der Waals surface area (Å²) in [6.07, 6.45) is 1.65. The third-order valence-corrected chi connectivity index (χ3v) is 4.14. The maximum atomic E-state index is 12.2. The van der Waals surface area contributed by atoms with Gasteiger partial charge in [0, 0.05) is 25.7 Å². The largest absolute Gasteiger partial charge is 0.444 e. The van der Waals surface area contributed by atoms with Gasteiger partial charge in [0.05, 0.1) is 11.4 Å². The first-order valence-electron chi connectivity index (χ1n) is 8.41. The van der Waals surface area contributed by atoms with Crippen molar-refractivity contribution in [1.29, 1.82) is 0 Å². The zero-order valence-corrected chi connectivity index (χ0v) is 14.7. The van der Waals surface area contributed by atoms with Gasteiger partial charge in [-0.3, -0.25) is 0 Å². The topological polar surface area (TPSA) is 58.8 Å². The standard InChI is InChI=1S/C18H29N3O2/c1-5-21(16-9-7-6-8-15(16)19)14-10-12-20(13-11-14)17(22)23-18(2,3)4/h6-9,14H,5,10-13,19H2,1-4H3. The molecule has 1 aromatic carbocycles. The Balaban J connectivity index is 1.98. The fourth-order valence-electron chi connectivity index (χ4n) is 3.06. The van der Waals surface area contributed by atoms with E-state index in [1.165, 1.54) is 0 Å². The average Bonchev–Trinajstić information content (AvgIpc) is 2.49. The molecule has 23 heavy (non-hydrogen) atoms. The first-order chi connectivity index (χ1) is 10.8. The number of para-hydroxylation sites is 2. The molecule has 5 nitrogen and oxygen atoms in total. The molecule has 1 aliphatic heterocycles. The zero-order valence-electron chi connectivity index (χ0n) is 14.7. The molecule has 0 saturated carbocycles. The maximum Gasteiger partial charge on any atom is 0.410 e. The van der Waals surface area contributed by atoms with Crippen LogP contribution in [0.25, 0.3) is 0 Å². The fourth-order valence-corrected chi connectivity index (χ4v) is 3.06. The lowest BCUT2D eigenvalue weighted by Crippen LogP contribution is -2.48. The zero-order chi connectivity index (χ0) is 17.0. The summed E-state index contributed by atoms with van der Waals surface area (Å²) in [5.74, 6) is 0. The van der Waals surface area contributed by atoms with Crippen LogP contribution in [0.3, 0.4) is 0 Å². The fraction of sp³-hybridized carbons (Fsp3) is 0.611. The highest BCUT2D eigenvalue weighted by Crippen LogP contribution is 2.28. The lowest BCUT2D eigenvalue weighted by molar-refractivity contribution is 0.0205. The third-order valence-electron chi connectivity index (χ3n) is 4.14. The van der Waals surface area contributed by atoms with Crippen LogP contribution in [0.1, 0.15) is 40.5 Å². The van der Waals surface area contributed by atoms with Crippen LogP contribution < -0.4 is 10.6 Å². The van der Waals surface area contributed by atoms with Crippen molar-refractivity contribution in [2.45, 2.75) is 52.2 Å². The molecule has 0 aliphatic carbocycles. The van der Waals surface area contributed by atoms with Crippen LogP contribution in [0.5, 0.6) is 0 Å². The normalized spacial score (nSPS) is 16.3. The van der Waals surface area contributed by atoms with Crippen molar-refractivity contribution in [2.24, 2.45) is 0 Å². The Hall–Kier alpha value is -1.91. The highest BCUT2D eigenvalue weighted by molar-refractivity contribution is 5.69. The first kappa shape index (κ1) is 17.4. The van der Waals surface area contributed by atoms with E-state index in [0.717, 1.165) is 43.9 Å². The molecule has 128 valence electrons. The molecule has 1 heterocycles. The van der Waals surface area contributed by atoms with E-state index in [4.69, 9.17) is 10.5 Å². The van der Waals surface area contributed by atoms with Crippen molar-refractivity contribution in [3.63, 3.8) is 0 Å². The van der Waals surface area contributed by atoms with Gasteiger partial charge in [-0.2, -0.15) is 0 Å². The van der Waals surface area contributed by atoms with E-state index < -0.39 is 5.60 Å². The molecule has 5 heteroatoms. The number of nitrogen functional groups attached to an aromatic ring is 1. The molecule has 0 spiro atoms. The van der Waals surface area contributed by atoms with Crippen LogP contribution in [-0.4, -0.2) is 42.3 Å². The minimum Gasteiger partial charge on any atom is -0.444 e. The van der Waals surface area contributed by atoms with E-state index in [0.29, 0.717) is 6.04 Å². The Labute approximate surface area is 139 Å². The number of nitrogens with two attached hydrogens (primary N) is 1. The Morgan fingerprint density at radius 3 is 2.43 bits per heavy atom. The summed E-state index contributed by atoms with van der Waals surface area (Å²) in [6, 6.07) is 8.39. The van der Waals surface area contributed by atoms with Crippen molar-refractivity contribution in [2.75, 3.05) is 30.3 Å². The highest BCUT2D eigenvalue weighted by atomic mass is 16.6. The van der Waals surface area contributed by atoms with Crippen LogP contribution in [-0.2, 0) is 4.74 Å². The van der Waals surface area contributed by atoms with Gasteiger partial charge in [0.25, 0.3) is 0 Å². The van der Waals surface area contributed by atoms with Gasteiger partial charge < -0.3 is 20.3 Å². The Morgan fingerprint density at radius 2 is 1.91 bits per heavy atom. The van der Waals surface area contributed by atoms with E-state index in [2.05, 4.69) is 17.9 Å². The molecule has 1 aliphatic rings. The summed E-state index contributed by atoms with van der Waals surface area (Å²) in [5.41, 5.74) is 7.58. The Kier molecular flexibility index (Phi) is 5.39. The van der Waals surface area contributed by atoms with Crippen LogP contribution >= 0.6 is 0 Å². The van der Waals surface area contributed by atoms with Gasteiger partial charge in [-0.05, 0) is 52.7 Å². The number of amides is 1. The first-order valence-corrected chi connectivity index (χ1v) is 8.41. The van der Waals surface area contributed by atoms with Gasteiger partial charge in [-0.25, -0.2) is 4.79 Å². The van der Waals surface area contributed by atoms with Crippen LogP contribution in [0.15, 0.2) is 24.3 Å². The molecule has 0 bridgehead atoms. The van der Waals surface area contributed by atoms with Gasteiger partial charge in [0.1, 0.15) is 5.60 Å². The lowest BCUT2D eigenvalue weighted by Gasteiger charge is -2.40. The number of carbonyl (C=O) groups is 1. The number of hydrogen-bond donors (Lipinski definition) is 1. The minimum absolute atomic E-state index is 0.210. The molecule has 0 unspecified atom stereocenters. The van der Waals surface area contributed by atoms with E-state index in [1.54, 1.807) is 0 Å². The third kappa shape index (κ3) is 4.53. The van der Waals surface area contributed by atoms with Gasteiger partial charge in [-0.15, -0.1) is 0 Å². The summed E-state index contributed by atoms with van der Waals surface area (Å²) in [5, 5.41) is 0. The summed E-state index contributed by atoms with van der Waals surface area (Å²) < 4.78 is 5.46. The van der Waals surface area contributed by atoms with Crippen molar-refractivity contribution < 1.29 is 9.53 Å². The lowest BCUT2D eigenvalue weighted by atomic mass is 10.0. The van der Waals surface area contributed by atoms with E-state index in [1.807, 2.05) is 43.9 Å². The highest BCUT2D eigenvalue weighted by Gasteiger charge is 2.29. The number of ether oxygens (including phenoxy) is 1. The summed E-state index contributed by atoms with van der Waals surface area (Å²) in [6.45, 7) is 10.2. The van der Waals surface area contributed by atoms with E-state index >= 15 is 0 Å². The molecule has 1 aromatic rings. The van der Waals surface area contributed by atoms with Crippen molar-refractivity contribution >= 4 is 17.5 Å². The van der Waals surface area contributed by atoms with Crippen molar-refractivity contribution in [3.05, 3.63) is 24.3 Å². The van der Waals surface area contributed by atoms with Crippen LogP contribution in [0.2, 0.25) is 0 Å². The number of rotatable bonds is 3. The second-order valence-corrected chi connectivity index (χ2v) is 7.04. The molecular formula is C18H29N3O2. The molecule has 1 saturated heterocycles. The quantitative estimate of drug-likeness (QED) is 0.866. The summed E-state index contributed by atoms with van der Waals surface area (Å²) in [4.78, 5) is 16.3. The van der Waals surface area contributed by atoms with Crippen molar-refractivity contribution in [1.82, 2.24) is 4.90 Å². The maximum absolute atomic E-state index is 12.2. The molecular weight excluding hydrogens is 290 g/mol. The van der Waals surface area contributed by atoms with Gasteiger partial charge in [0.15, 0.2) is 0 Å². The van der Waals surface area contributed by atoms with Crippen LogP contribution in [0.4, 0.5) is 16.2 Å². The second-order valence-electron chi connectivity index (χ2n) is 7.04. The average molecular weight is 319 g/mol. The predicted octanol–water partition coefficient (Wildman–Crippen LogP) is 3.49. The Bertz CT molecular complexity index is 531. The summed E-state index contributed by atoms with van der Waals surface area (Å²) in [7, 11) is 0. The number of anilines is 2. The van der Waals surface area contributed by atoms with Crippen molar-refractivity contribution in [3.8, 4) is 0 Å². The van der Waals surface area contributed by atoms with E-state index in [9.17, 15) is 4.79 Å². The number of hydrogen-bond acceptors (Lipinski definition) is 4. The second kappa shape index (κ2) is 7.11. The molecule has 0 radical (unpaired) electrons. The summed E-state index contributed by atoms with van der Waals surface area (Å²) >= 11 is 0. The number of likely N-dealkylation sites (tertiary alicyclic amines) is 1. The molecule has 1 fully saturated rings. The predicted molar refractivity (Wildman–Crippen MR) is 94.7 cm³/mol. The number of nitrogens with zero attached hydrogens (tertiary/aromatic N) is 2. The monoisotopic (exact) mass is 319 g/mol. The molecule has 2 N–H and O–H groups in total. The minimum atomic E-state index is -0.443. The van der Waals surface area contributed by atoms with Gasteiger partial charge in [-0.1, -0.05) is 12.1 Å². The smallest absolute Gasteiger partial charge is 0.410 e. The van der Waals surface area contributed by atoms with Gasteiger partial charge in [0.2, 0.25) is 0 Å². The van der Waals surface area contributed by atoms with Gasteiger partial charge >= 0.3 is 6.09 Å². The molecule has 0 aromatic heterocycles.